The number of nitrogens with two attached hydrogens (primary N) is 1. The highest BCUT2D eigenvalue weighted by atomic mass is 35.5. The summed E-state index contributed by atoms with van der Waals surface area (Å²) < 4.78 is 26.0. The Morgan fingerprint density at radius 1 is 1.41 bits per heavy atom. The lowest BCUT2D eigenvalue weighted by molar-refractivity contribution is 0.586. The standard InChI is InChI=1S/C10H10Cl2N2O2S/c1-2-3-4-14-17(15,16)10-8(12)5-7(11)6-9(10)13/h5-6,14H,4,13H2,1H3. The molecule has 0 atom stereocenters. The molecule has 0 radical (unpaired) electrons. The minimum atomic E-state index is -3.78. The van der Waals surface area contributed by atoms with E-state index in [2.05, 4.69) is 16.6 Å². The first kappa shape index (κ1) is 14.1. The zero-order chi connectivity index (χ0) is 13.1. The Balaban J connectivity index is 3.18. The predicted molar refractivity (Wildman–Crippen MR) is 69.5 cm³/mol. The molecule has 0 aliphatic rings. The monoisotopic (exact) mass is 292 g/mol. The molecule has 0 bridgehead atoms. The Labute approximate surface area is 110 Å². The molecule has 0 saturated carbocycles. The topological polar surface area (TPSA) is 72.2 Å². The summed E-state index contributed by atoms with van der Waals surface area (Å²) in [5, 5.41) is 0.256. The fraction of sp³-hybridized carbons (Fsp3) is 0.200. The molecular weight excluding hydrogens is 283 g/mol. The maximum atomic E-state index is 11.9. The van der Waals surface area contributed by atoms with Gasteiger partial charge in [0, 0.05) is 5.02 Å². The van der Waals surface area contributed by atoms with Gasteiger partial charge in [-0.15, -0.1) is 5.92 Å². The maximum absolute atomic E-state index is 11.9. The molecule has 17 heavy (non-hydrogen) atoms. The number of sulfonamides is 1. The number of anilines is 1. The number of hydrogen-bond donors (Lipinski definition) is 2. The molecule has 4 nitrogen and oxygen atoms in total. The fourth-order valence-electron chi connectivity index (χ4n) is 1.16. The third kappa shape index (κ3) is 3.51. The normalized spacial score (nSPS) is 10.8. The van der Waals surface area contributed by atoms with Crippen molar-refractivity contribution >= 4 is 38.9 Å². The van der Waals surface area contributed by atoms with Crippen molar-refractivity contribution in [3.05, 3.63) is 22.2 Å². The van der Waals surface area contributed by atoms with E-state index in [0.717, 1.165) is 0 Å². The molecule has 1 aromatic rings. The van der Waals surface area contributed by atoms with Crippen LogP contribution in [0.2, 0.25) is 10.0 Å². The van der Waals surface area contributed by atoms with Crippen LogP contribution in [0.3, 0.4) is 0 Å². The fourth-order valence-corrected chi connectivity index (χ4v) is 3.06. The van der Waals surface area contributed by atoms with Crippen LogP contribution >= 0.6 is 23.2 Å². The predicted octanol–water partition coefficient (Wildman–Crippen LogP) is 1.88. The number of hydrogen-bond acceptors (Lipinski definition) is 3. The van der Waals surface area contributed by atoms with Crippen LogP contribution in [0.5, 0.6) is 0 Å². The smallest absolute Gasteiger partial charge is 0.244 e. The first-order valence-corrected chi connectivity index (χ1v) is 6.76. The lowest BCUT2D eigenvalue weighted by Gasteiger charge is -2.09. The summed E-state index contributed by atoms with van der Waals surface area (Å²) in [5.74, 6) is 5.14. The van der Waals surface area contributed by atoms with Gasteiger partial charge in [-0.25, -0.2) is 8.42 Å². The number of nitrogens with one attached hydrogen (secondary N) is 1. The largest absolute Gasteiger partial charge is 0.398 e. The van der Waals surface area contributed by atoms with Crippen LogP contribution in [-0.2, 0) is 10.0 Å². The Kier molecular flexibility index (Phi) is 4.66. The van der Waals surface area contributed by atoms with Gasteiger partial charge in [0.25, 0.3) is 0 Å². The Morgan fingerprint density at radius 2 is 2.06 bits per heavy atom. The molecule has 0 unspecified atom stereocenters. The van der Waals surface area contributed by atoms with Crippen LogP contribution in [-0.4, -0.2) is 15.0 Å². The highest BCUT2D eigenvalue weighted by molar-refractivity contribution is 7.89. The molecule has 0 aliphatic carbocycles. The first-order chi connectivity index (χ1) is 7.88. The summed E-state index contributed by atoms with van der Waals surface area (Å²) >= 11 is 11.5. The molecule has 0 fully saturated rings. The molecule has 0 amide bonds. The zero-order valence-corrected chi connectivity index (χ0v) is 11.2. The van der Waals surface area contributed by atoms with Gasteiger partial charge in [-0.2, -0.15) is 4.72 Å². The van der Waals surface area contributed by atoms with E-state index < -0.39 is 10.0 Å². The highest BCUT2D eigenvalue weighted by Crippen LogP contribution is 2.30. The number of rotatable bonds is 3. The molecule has 92 valence electrons. The van der Waals surface area contributed by atoms with Crippen LogP contribution in [0.1, 0.15) is 6.92 Å². The van der Waals surface area contributed by atoms with Gasteiger partial charge in [-0.3, -0.25) is 0 Å². The second-order valence-corrected chi connectivity index (χ2v) is 5.60. The Morgan fingerprint density at radius 3 is 2.59 bits per heavy atom. The van der Waals surface area contributed by atoms with E-state index in [1.54, 1.807) is 6.92 Å². The quantitative estimate of drug-likeness (QED) is 0.660. The van der Waals surface area contributed by atoms with Crippen molar-refractivity contribution in [3.63, 3.8) is 0 Å². The number of halogens is 2. The molecule has 3 N–H and O–H groups in total. The molecule has 0 saturated heterocycles. The van der Waals surface area contributed by atoms with Crippen molar-refractivity contribution in [2.45, 2.75) is 11.8 Å². The van der Waals surface area contributed by atoms with Gasteiger partial charge >= 0.3 is 0 Å². The third-order valence-electron chi connectivity index (χ3n) is 1.83. The van der Waals surface area contributed by atoms with E-state index in [1.165, 1.54) is 12.1 Å². The summed E-state index contributed by atoms with van der Waals surface area (Å²) in [6.45, 7) is 1.61. The van der Waals surface area contributed by atoms with Crippen molar-refractivity contribution in [1.29, 1.82) is 0 Å². The van der Waals surface area contributed by atoms with Crippen LogP contribution in [0, 0.1) is 11.8 Å². The van der Waals surface area contributed by atoms with E-state index in [0.29, 0.717) is 0 Å². The van der Waals surface area contributed by atoms with Crippen molar-refractivity contribution in [1.82, 2.24) is 4.72 Å². The number of benzene rings is 1. The van der Waals surface area contributed by atoms with Crippen LogP contribution in [0.4, 0.5) is 5.69 Å². The number of nitrogen functional groups attached to an aromatic ring is 1. The molecule has 7 heteroatoms. The summed E-state index contributed by atoms with van der Waals surface area (Å²) in [4.78, 5) is -0.179. The van der Waals surface area contributed by atoms with Crippen molar-refractivity contribution in [2.24, 2.45) is 0 Å². The van der Waals surface area contributed by atoms with E-state index >= 15 is 0 Å². The summed E-state index contributed by atoms with van der Waals surface area (Å²) in [6.07, 6.45) is 0. The molecule has 1 aromatic carbocycles. The second-order valence-electron chi connectivity index (χ2n) is 3.06. The van der Waals surface area contributed by atoms with Crippen LogP contribution in [0.25, 0.3) is 0 Å². The molecular formula is C10H10Cl2N2O2S. The van der Waals surface area contributed by atoms with Crippen molar-refractivity contribution in [2.75, 3.05) is 12.3 Å². The third-order valence-corrected chi connectivity index (χ3v) is 3.98. The lowest BCUT2D eigenvalue weighted by atomic mass is 10.3. The lowest BCUT2D eigenvalue weighted by Crippen LogP contribution is -2.25. The van der Waals surface area contributed by atoms with Gasteiger partial charge in [0.1, 0.15) is 4.90 Å². The van der Waals surface area contributed by atoms with Crippen molar-refractivity contribution < 1.29 is 8.42 Å². The van der Waals surface area contributed by atoms with Gasteiger partial charge in [0.15, 0.2) is 0 Å². The van der Waals surface area contributed by atoms with E-state index in [-0.39, 0.29) is 27.2 Å². The molecule has 0 heterocycles. The van der Waals surface area contributed by atoms with E-state index in [9.17, 15) is 8.42 Å². The second kappa shape index (κ2) is 5.61. The SMILES string of the molecule is CC#CCNS(=O)(=O)c1c(N)cc(Cl)cc1Cl. The van der Waals surface area contributed by atoms with Gasteiger partial charge < -0.3 is 5.73 Å². The van der Waals surface area contributed by atoms with Gasteiger partial charge in [0.05, 0.1) is 17.3 Å². The summed E-state index contributed by atoms with van der Waals surface area (Å²) in [7, 11) is -3.78. The molecule has 0 aromatic heterocycles. The molecule has 0 spiro atoms. The summed E-state index contributed by atoms with van der Waals surface area (Å²) in [5.41, 5.74) is 5.59. The van der Waals surface area contributed by atoms with Crippen molar-refractivity contribution in [3.8, 4) is 11.8 Å². The van der Waals surface area contributed by atoms with Gasteiger partial charge in [-0.05, 0) is 19.1 Å². The summed E-state index contributed by atoms with van der Waals surface area (Å²) in [6, 6.07) is 2.65. The Bertz CT molecular complexity index is 565. The average molecular weight is 293 g/mol. The molecule has 1 rings (SSSR count). The zero-order valence-electron chi connectivity index (χ0n) is 8.92. The highest BCUT2D eigenvalue weighted by Gasteiger charge is 2.21. The minimum absolute atomic E-state index is 0.000502. The maximum Gasteiger partial charge on any atom is 0.244 e. The minimum Gasteiger partial charge on any atom is -0.398 e. The first-order valence-electron chi connectivity index (χ1n) is 4.52. The molecule has 0 aliphatic heterocycles. The Hall–Kier alpha value is -0.930. The van der Waals surface area contributed by atoms with E-state index in [4.69, 9.17) is 28.9 Å². The van der Waals surface area contributed by atoms with Gasteiger partial charge in [0.2, 0.25) is 10.0 Å². The van der Waals surface area contributed by atoms with Crippen LogP contribution in [0.15, 0.2) is 17.0 Å². The van der Waals surface area contributed by atoms with E-state index in [1.807, 2.05) is 0 Å². The van der Waals surface area contributed by atoms with Crippen LogP contribution < -0.4 is 10.5 Å². The average Bonchev–Trinajstić information content (AvgIpc) is 2.15. The van der Waals surface area contributed by atoms with Gasteiger partial charge in [-0.1, -0.05) is 29.1 Å².